The number of ether oxygens (including phenoxy) is 1. The summed E-state index contributed by atoms with van der Waals surface area (Å²) in [5.41, 5.74) is -1.39. The number of nitrogens with zero attached hydrogens (tertiary/aromatic N) is 5. The van der Waals surface area contributed by atoms with Gasteiger partial charge in [0.1, 0.15) is 18.2 Å². The van der Waals surface area contributed by atoms with E-state index in [2.05, 4.69) is 20.8 Å². The number of aromatic amines is 1. The summed E-state index contributed by atoms with van der Waals surface area (Å²) < 4.78 is 48.8. The number of hydrogen-bond acceptors (Lipinski definition) is 7. The average molecular weight is 783 g/mol. The van der Waals surface area contributed by atoms with Gasteiger partial charge in [0.15, 0.2) is 5.82 Å². The first kappa shape index (κ1) is 39.3. The van der Waals surface area contributed by atoms with Crippen molar-refractivity contribution in [3.63, 3.8) is 0 Å². The third-order valence-corrected chi connectivity index (χ3v) is 10.4. The highest BCUT2D eigenvalue weighted by Gasteiger charge is 2.47. The molecule has 0 aliphatic carbocycles. The lowest BCUT2D eigenvalue weighted by atomic mass is 9.85. The van der Waals surface area contributed by atoms with Crippen molar-refractivity contribution in [1.82, 2.24) is 34.7 Å². The number of aromatic nitrogens is 4. The largest absolute Gasteiger partial charge is 0.416 e. The van der Waals surface area contributed by atoms with Crippen LogP contribution in [-0.4, -0.2) is 73.3 Å². The van der Waals surface area contributed by atoms with Crippen molar-refractivity contribution in [3.8, 4) is 11.4 Å². The van der Waals surface area contributed by atoms with Crippen LogP contribution in [0.1, 0.15) is 56.0 Å². The van der Waals surface area contributed by atoms with Crippen LogP contribution in [-0.2, 0) is 56.6 Å². The summed E-state index contributed by atoms with van der Waals surface area (Å²) in [6, 6.07) is 9.26. The quantitative estimate of drug-likeness (QED) is 0.302. The van der Waals surface area contributed by atoms with Crippen molar-refractivity contribution in [3.05, 3.63) is 105 Å². The third kappa shape index (κ3) is 8.20. The van der Waals surface area contributed by atoms with Crippen LogP contribution in [0, 0.1) is 0 Å². The number of hydrogen-bond donors (Lipinski definition) is 3. The van der Waals surface area contributed by atoms with E-state index in [1.807, 2.05) is 62.4 Å². The van der Waals surface area contributed by atoms with Crippen molar-refractivity contribution in [2.45, 2.75) is 70.1 Å². The Morgan fingerprint density at radius 3 is 2.33 bits per heavy atom. The van der Waals surface area contributed by atoms with E-state index in [1.165, 1.54) is 6.92 Å². The van der Waals surface area contributed by atoms with E-state index < -0.39 is 46.9 Å². The lowest BCUT2D eigenvalue weighted by molar-refractivity contribution is -0.141. The molecule has 1 saturated heterocycles. The van der Waals surface area contributed by atoms with Gasteiger partial charge in [-0.3, -0.25) is 29.0 Å². The van der Waals surface area contributed by atoms with Gasteiger partial charge >= 0.3 is 6.18 Å². The topological polar surface area (TPSA) is 147 Å². The highest BCUT2D eigenvalue weighted by molar-refractivity contribution is 6.33. The average Bonchev–Trinajstić information content (AvgIpc) is 3.45. The first-order valence-electron chi connectivity index (χ1n) is 17.6. The van der Waals surface area contributed by atoms with E-state index in [1.54, 1.807) is 28.8 Å². The molecule has 17 heteroatoms. The molecule has 0 radical (unpaired) electrons. The monoisotopic (exact) mass is 782 g/mol. The number of likely N-dealkylation sites (tertiary alicyclic amines) is 1. The molecule has 4 heterocycles. The molecular weight excluding hydrogens is 741 g/mol. The second-order valence-corrected chi connectivity index (χ2v) is 14.8. The Kier molecular flexibility index (Phi) is 10.8. The Morgan fingerprint density at radius 2 is 1.71 bits per heavy atom. The number of amides is 3. The summed E-state index contributed by atoms with van der Waals surface area (Å²) in [6.07, 6.45) is 3.29. The fourth-order valence-corrected chi connectivity index (χ4v) is 7.42. The molecule has 1 unspecified atom stereocenters. The van der Waals surface area contributed by atoms with Gasteiger partial charge in [0.2, 0.25) is 17.7 Å². The molecule has 3 aromatic rings. The summed E-state index contributed by atoms with van der Waals surface area (Å²) in [5.74, 6) is -0.787. The van der Waals surface area contributed by atoms with Crippen molar-refractivity contribution in [1.29, 1.82) is 0 Å². The molecule has 292 valence electrons. The number of nitrogens with one attached hydrogen (secondary N) is 3. The zero-order chi connectivity index (χ0) is 39.9. The van der Waals surface area contributed by atoms with Crippen LogP contribution >= 0.6 is 11.6 Å². The fraction of sp³-hybridized carbons (Fsp3) is 0.395. The van der Waals surface area contributed by atoms with Crippen LogP contribution in [0.4, 0.5) is 18.9 Å². The smallest absolute Gasteiger partial charge is 0.366 e. The summed E-state index contributed by atoms with van der Waals surface area (Å²) in [6.45, 7) is 5.18. The maximum atomic E-state index is 14.7. The maximum Gasteiger partial charge on any atom is 0.416 e. The van der Waals surface area contributed by atoms with Gasteiger partial charge in [-0.15, -0.1) is 5.10 Å². The number of likely N-dealkylation sites (N-methyl/N-ethyl adjacent to an activating group) is 1. The minimum Gasteiger partial charge on any atom is -0.366 e. The van der Waals surface area contributed by atoms with Crippen molar-refractivity contribution in [2.24, 2.45) is 7.05 Å². The maximum absolute atomic E-state index is 14.7. The first-order valence-corrected chi connectivity index (χ1v) is 18.0. The number of H-pyrrole nitrogens is 1. The number of anilines is 1. The first-order chi connectivity index (χ1) is 25.9. The molecule has 55 heavy (non-hydrogen) atoms. The Hall–Kier alpha value is -5.35. The number of carbonyl (C=O) groups excluding carboxylic acids is 3. The molecule has 1 fully saturated rings. The number of rotatable bonds is 7. The highest BCUT2D eigenvalue weighted by Crippen LogP contribution is 2.42. The number of allylic oxidation sites excluding steroid dienone is 2. The number of carbonyl (C=O) groups is 3. The minimum atomic E-state index is -4.64. The van der Waals surface area contributed by atoms with E-state index in [-0.39, 0.29) is 40.5 Å². The van der Waals surface area contributed by atoms with Gasteiger partial charge in [0.25, 0.3) is 5.56 Å². The minimum absolute atomic E-state index is 0.0383. The summed E-state index contributed by atoms with van der Waals surface area (Å²) in [7, 11) is 3.52. The number of benzene rings is 2. The second kappa shape index (κ2) is 15.1. The molecule has 6 rings (SSSR count). The van der Waals surface area contributed by atoms with Crippen LogP contribution in [0.3, 0.4) is 0 Å². The predicted octanol–water partition coefficient (Wildman–Crippen LogP) is 5.12. The number of fused-ring (bicyclic) bond motifs is 2. The van der Waals surface area contributed by atoms with Gasteiger partial charge in [-0.2, -0.15) is 13.2 Å². The van der Waals surface area contributed by atoms with Crippen LogP contribution in [0.15, 0.2) is 71.7 Å². The summed E-state index contributed by atoms with van der Waals surface area (Å²) in [4.78, 5) is 57.1. The standard InChI is InChI=1S/C38H42ClF3N8O5/c1-23(51)44-36(2,3)25-11-9-24(10-12-25)33-46-50(21-31(52)43-28-14-13-26(20-27(28)39)38(40,41)42)35(54)32-29(45-48(33)5)22-55-37(32)15-18-49(19-16-37)34(53)30-8-6-7-17-47(30)4/h6-14,17,20,30,45H,15-16,18-19,21-22H2,1-5H3,(H,43,52)(H,44,51). The van der Waals surface area contributed by atoms with Gasteiger partial charge in [-0.25, -0.2) is 4.68 Å². The van der Waals surface area contributed by atoms with Gasteiger partial charge in [-0.1, -0.05) is 48.0 Å². The fourth-order valence-electron chi connectivity index (χ4n) is 7.19. The molecule has 3 amide bonds. The van der Waals surface area contributed by atoms with Crippen molar-refractivity contribution in [2.75, 3.05) is 25.5 Å². The number of halogens is 4. The Morgan fingerprint density at radius 1 is 1.04 bits per heavy atom. The normalized spacial score (nSPS) is 17.6. The Balaban J connectivity index is 1.38. The van der Waals surface area contributed by atoms with E-state index >= 15 is 0 Å². The third-order valence-electron chi connectivity index (χ3n) is 10.1. The van der Waals surface area contributed by atoms with Crippen molar-refractivity contribution < 1.29 is 32.3 Å². The van der Waals surface area contributed by atoms with Crippen LogP contribution in [0.25, 0.3) is 11.4 Å². The van der Waals surface area contributed by atoms with Gasteiger partial charge < -0.3 is 25.2 Å². The number of alkyl halides is 3. The molecule has 3 N–H and O–H groups in total. The van der Waals surface area contributed by atoms with E-state index in [9.17, 15) is 32.3 Å². The molecule has 2 aromatic carbocycles. The number of aryl methyl sites for hydroxylation is 1. The molecule has 1 aromatic heterocycles. The molecule has 1 spiro atoms. The molecule has 13 nitrogen and oxygen atoms in total. The van der Waals surface area contributed by atoms with Crippen LogP contribution in [0.5, 0.6) is 0 Å². The van der Waals surface area contributed by atoms with Gasteiger partial charge in [0.05, 0.1) is 39.7 Å². The zero-order valence-corrected chi connectivity index (χ0v) is 31.7. The molecule has 0 saturated carbocycles. The SMILES string of the molecule is CC(=O)NC(C)(C)c1ccc(-c2nn(CC(=O)Nc3ccc(C(F)(F)F)cc3Cl)c(=O)c3c([nH]n2C)COC32CCN(C(=O)C3C=CC=CN3C)CC2)cc1. The molecular formula is C38H42ClF3N8O5. The van der Waals surface area contributed by atoms with Crippen LogP contribution < -0.4 is 16.2 Å². The second-order valence-electron chi connectivity index (χ2n) is 14.4. The molecule has 3 aliphatic heterocycles. The predicted molar refractivity (Wildman–Crippen MR) is 199 cm³/mol. The van der Waals surface area contributed by atoms with Crippen molar-refractivity contribution >= 4 is 35.0 Å². The van der Waals surface area contributed by atoms with Gasteiger partial charge in [-0.05, 0) is 62.7 Å². The molecule has 0 bridgehead atoms. The van der Waals surface area contributed by atoms with E-state index in [0.29, 0.717) is 43.3 Å². The highest BCUT2D eigenvalue weighted by atomic mass is 35.5. The molecule has 3 aliphatic rings. The van der Waals surface area contributed by atoms with Crippen LogP contribution in [0.2, 0.25) is 5.02 Å². The van der Waals surface area contributed by atoms with E-state index in [4.69, 9.17) is 16.3 Å². The van der Waals surface area contributed by atoms with Gasteiger partial charge in [0, 0.05) is 39.7 Å². The van der Waals surface area contributed by atoms with E-state index in [0.717, 1.165) is 22.4 Å². The lowest BCUT2D eigenvalue weighted by Crippen LogP contribution is -2.52. The Bertz CT molecular complexity index is 2180. The zero-order valence-electron chi connectivity index (χ0n) is 31.0. The summed E-state index contributed by atoms with van der Waals surface area (Å²) >= 11 is 6.13. The summed E-state index contributed by atoms with van der Waals surface area (Å²) in [5, 5.41) is 13.0. The lowest BCUT2D eigenvalue weighted by Gasteiger charge is -2.40. The number of piperidine rings is 1. The molecule has 1 atom stereocenters. The Labute approximate surface area is 320 Å².